The molecule has 1 atom stereocenters. The molecule has 0 radical (unpaired) electrons. The van der Waals surface area contributed by atoms with E-state index in [4.69, 9.17) is 9.47 Å². The SMILES string of the molecule is COCCOCCC(=O)NC(C)c1ccc(-n2nc(C)cc2C)cc1. The molecule has 0 saturated heterocycles. The van der Waals surface area contributed by atoms with Crippen LogP contribution < -0.4 is 5.32 Å². The van der Waals surface area contributed by atoms with Crippen LogP contribution in [-0.2, 0) is 14.3 Å². The Hall–Kier alpha value is -2.18. The van der Waals surface area contributed by atoms with Crippen LogP contribution in [0.3, 0.4) is 0 Å². The van der Waals surface area contributed by atoms with E-state index >= 15 is 0 Å². The lowest BCUT2D eigenvalue weighted by Gasteiger charge is -2.15. The van der Waals surface area contributed by atoms with Gasteiger partial charge in [0.2, 0.25) is 5.91 Å². The molecule has 0 aliphatic carbocycles. The van der Waals surface area contributed by atoms with Gasteiger partial charge in [-0.1, -0.05) is 12.1 Å². The number of aryl methyl sites for hydroxylation is 2. The lowest BCUT2D eigenvalue weighted by Crippen LogP contribution is -2.27. The maximum absolute atomic E-state index is 12.0. The summed E-state index contributed by atoms with van der Waals surface area (Å²) in [6, 6.07) is 10.1. The number of rotatable bonds is 9. The quantitative estimate of drug-likeness (QED) is 0.710. The van der Waals surface area contributed by atoms with Crippen molar-refractivity contribution in [2.75, 3.05) is 26.9 Å². The number of hydrogen-bond donors (Lipinski definition) is 1. The molecule has 0 spiro atoms. The molecule has 136 valence electrons. The van der Waals surface area contributed by atoms with Gasteiger partial charge in [0.15, 0.2) is 0 Å². The van der Waals surface area contributed by atoms with Gasteiger partial charge in [-0.25, -0.2) is 4.68 Å². The third-order valence-corrected chi connectivity index (χ3v) is 3.93. The van der Waals surface area contributed by atoms with Crippen molar-refractivity contribution in [2.45, 2.75) is 33.2 Å². The van der Waals surface area contributed by atoms with Gasteiger partial charge in [0.1, 0.15) is 0 Å². The molecular formula is C19H27N3O3. The zero-order valence-corrected chi connectivity index (χ0v) is 15.4. The Bertz CT molecular complexity index is 680. The summed E-state index contributed by atoms with van der Waals surface area (Å²) in [4.78, 5) is 12.0. The second kappa shape index (κ2) is 9.34. The molecule has 1 unspecified atom stereocenters. The van der Waals surface area contributed by atoms with Crippen LogP contribution in [-0.4, -0.2) is 42.6 Å². The minimum Gasteiger partial charge on any atom is -0.382 e. The highest BCUT2D eigenvalue weighted by atomic mass is 16.5. The molecule has 1 amide bonds. The molecule has 0 saturated carbocycles. The fraction of sp³-hybridized carbons (Fsp3) is 0.474. The van der Waals surface area contributed by atoms with Crippen molar-refractivity contribution in [2.24, 2.45) is 0 Å². The van der Waals surface area contributed by atoms with E-state index in [1.165, 1.54) is 0 Å². The number of carbonyl (C=O) groups is 1. The van der Waals surface area contributed by atoms with Crippen LogP contribution in [0.4, 0.5) is 0 Å². The number of hydrogen-bond acceptors (Lipinski definition) is 4. The monoisotopic (exact) mass is 345 g/mol. The second-order valence-electron chi connectivity index (χ2n) is 6.07. The third-order valence-electron chi connectivity index (χ3n) is 3.93. The van der Waals surface area contributed by atoms with Crippen molar-refractivity contribution in [1.29, 1.82) is 0 Å². The van der Waals surface area contributed by atoms with Crippen LogP contribution in [0.5, 0.6) is 0 Å². The first-order valence-electron chi connectivity index (χ1n) is 8.51. The predicted octanol–water partition coefficient (Wildman–Crippen LogP) is 2.72. The van der Waals surface area contributed by atoms with E-state index in [9.17, 15) is 4.79 Å². The second-order valence-corrected chi connectivity index (χ2v) is 6.07. The van der Waals surface area contributed by atoms with Gasteiger partial charge in [0.25, 0.3) is 0 Å². The maximum atomic E-state index is 12.0. The molecule has 1 aromatic carbocycles. The Morgan fingerprint density at radius 1 is 1.20 bits per heavy atom. The first-order valence-corrected chi connectivity index (χ1v) is 8.51. The van der Waals surface area contributed by atoms with Gasteiger partial charge in [-0.2, -0.15) is 5.10 Å². The maximum Gasteiger partial charge on any atom is 0.222 e. The highest BCUT2D eigenvalue weighted by molar-refractivity contribution is 5.76. The van der Waals surface area contributed by atoms with E-state index in [1.807, 2.05) is 55.8 Å². The molecule has 0 aliphatic heterocycles. The molecule has 2 rings (SSSR count). The Balaban J connectivity index is 1.86. The smallest absolute Gasteiger partial charge is 0.222 e. The summed E-state index contributed by atoms with van der Waals surface area (Å²) in [6.07, 6.45) is 0.345. The van der Waals surface area contributed by atoms with E-state index in [0.717, 1.165) is 22.6 Å². The molecule has 6 heteroatoms. The summed E-state index contributed by atoms with van der Waals surface area (Å²) < 4.78 is 12.1. The van der Waals surface area contributed by atoms with Gasteiger partial charge in [0.05, 0.1) is 37.2 Å². The van der Waals surface area contributed by atoms with Crippen LogP contribution >= 0.6 is 0 Å². The zero-order chi connectivity index (χ0) is 18.2. The van der Waals surface area contributed by atoms with Gasteiger partial charge < -0.3 is 14.8 Å². The molecule has 2 aromatic rings. The number of aromatic nitrogens is 2. The largest absolute Gasteiger partial charge is 0.382 e. The van der Waals surface area contributed by atoms with Gasteiger partial charge >= 0.3 is 0 Å². The number of carbonyl (C=O) groups excluding carboxylic acids is 1. The summed E-state index contributed by atoms with van der Waals surface area (Å²) in [5, 5.41) is 7.47. The molecule has 1 aromatic heterocycles. The van der Waals surface area contributed by atoms with Crippen LogP contribution in [0.1, 0.15) is 36.3 Å². The normalized spacial score (nSPS) is 12.2. The summed E-state index contributed by atoms with van der Waals surface area (Å²) in [5.41, 5.74) is 4.16. The lowest BCUT2D eigenvalue weighted by molar-refractivity contribution is -0.122. The Morgan fingerprint density at radius 3 is 2.52 bits per heavy atom. The van der Waals surface area contributed by atoms with E-state index in [0.29, 0.717) is 26.2 Å². The Morgan fingerprint density at radius 2 is 1.92 bits per heavy atom. The molecule has 0 bridgehead atoms. The van der Waals surface area contributed by atoms with Gasteiger partial charge in [-0.05, 0) is 44.5 Å². The number of amides is 1. The summed E-state index contributed by atoms with van der Waals surface area (Å²) in [6.45, 7) is 7.44. The zero-order valence-electron chi connectivity index (χ0n) is 15.4. The average molecular weight is 345 g/mol. The number of nitrogens with zero attached hydrogens (tertiary/aromatic N) is 2. The van der Waals surface area contributed by atoms with Crippen molar-refractivity contribution in [3.63, 3.8) is 0 Å². The van der Waals surface area contributed by atoms with E-state index < -0.39 is 0 Å². The highest BCUT2D eigenvalue weighted by Gasteiger charge is 2.10. The van der Waals surface area contributed by atoms with Crippen molar-refractivity contribution >= 4 is 5.91 Å². The third kappa shape index (κ3) is 5.69. The van der Waals surface area contributed by atoms with Crippen LogP contribution in [0.25, 0.3) is 5.69 Å². The number of methoxy groups -OCH3 is 1. The first-order chi connectivity index (χ1) is 12.0. The minimum absolute atomic E-state index is 0.0208. The molecule has 1 heterocycles. The molecular weight excluding hydrogens is 318 g/mol. The average Bonchev–Trinajstić information content (AvgIpc) is 2.93. The van der Waals surface area contributed by atoms with Crippen molar-refractivity contribution in [3.8, 4) is 5.69 Å². The van der Waals surface area contributed by atoms with Gasteiger partial charge in [-0.3, -0.25) is 4.79 Å². The molecule has 0 fully saturated rings. The topological polar surface area (TPSA) is 65.4 Å². The fourth-order valence-electron chi connectivity index (χ4n) is 2.60. The number of ether oxygens (including phenoxy) is 2. The Labute approximate surface area is 149 Å². The summed E-state index contributed by atoms with van der Waals surface area (Å²) in [7, 11) is 1.62. The standard InChI is InChI=1S/C19H27N3O3/c1-14-13-15(2)22(21-14)18-7-5-17(6-8-18)16(3)20-19(23)9-10-25-12-11-24-4/h5-8,13,16H,9-12H2,1-4H3,(H,20,23). The van der Waals surface area contributed by atoms with Gasteiger partial charge in [-0.15, -0.1) is 0 Å². The molecule has 0 aliphatic rings. The van der Waals surface area contributed by atoms with Gasteiger partial charge in [0, 0.05) is 19.2 Å². The predicted molar refractivity (Wildman–Crippen MR) is 96.9 cm³/mol. The van der Waals surface area contributed by atoms with Crippen molar-refractivity contribution in [1.82, 2.24) is 15.1 Å². The number of nitrogens with one attached hydrogen (secondary N) is 1. The van der Waals surface area contributed by atoms with Crippen molar-refractivity contribution < 1.29 is 14.3 Å². The number of benzene rings is 1. The van der Waals surface area contributed by atoms with Crippen molar-refractivity contribution in [3.05, 3.63) is 47.3 Å². The van der Waals surface area contributed by atoms with E-state index in [-0.39, 0.29) is 11.9 Å². The van der Waals surface area contributed by atoms with E-state index in [2.05, 4.69) is 10.4 Å². The summed E-state index contributed by atoms with van der Waals surface area (Å²) >= 11 is 0. The minimum atomic E-state index is -0.0546. The first kappa shape index (κ1) is 19.1. The van der Waals surface area contributed by atoms with Crippen LogP contribution in [0.15, 0.2) is 30.3 Å². The van der Waals surface area contributed by atoms with E-state index in [1.54, 1.807) is 7.11 Å². The molecule has 1 N–H and O–H groups in total. The Kier molecular flexibility index (Phi) is 7.16. The fourth-order valence-corrected chi connectivity index (χ4v) is 2.60. The summed E-state index contributed by atoms with van der Waals surface area (Å²) in [5.74, 6) is -0.0208. The molecule has 6 nitrogen and oxygen atoms in total. The highest BCUT2D eigenvalue weighted by Crippen LogP contribution is 2.17. The lowest BCUT2D eigenvalue weighted by atomic mass is 10.1. The van der Waals surface area contributed by atoms with Crippen LogP contribution in [0, 0.1) is 13.8 Å². The molecule has 25 heavy (non-hydrogen) atoms. The van der Waals surface area contributed by atoms with Crippen LogP contribution in [0.2, 0.25) is 0 Å².